The Balaban J connectivity index is 1.73. The summed E-state index contributed by atoms with van der Waals surface area (Å²) in [6.07, 6.45) is -0.736. The summed E-state index contributed by atoms with van der Waals surface area (Å²) < 4.78 is 32.1. The van der Waals surface area contributed by atoms with Gasteiger partial charge in [-0.3, -0.25) is 9.89 Å². The summed E-state index contributed by atoms with van der Waals surface area (Å²) in [5.41, 5.74) is 1.59. The highest BCUT2D eigenvalue weighted by molar-refractivity contribution is 7.13. The van der Waals surface area contributed by atoms with Gasteiger partial charge in [0.05, 0.1) is 6.61 Å². The van der Waals surface area contributed by atoms with Crippen LogP contribution in [-0.2, 0) is 4.74 Å². The van der Waals surface area contributed by atoms with Crippen LogP contribution in [0.15, 0.2) is 23.6 Å². The average molecular weight is 461 g/mol. The maximum Gasteiger partial charge on any atom is 0.357 e. The van der Waals surface area contributed by atoms with Crippen molar-refractivity contribution in [1.29, 1.82) is 0 Å². The number of esters is 1. The van der Waals surface area contributed by atoms with Gasteiger partial charge in [-0.05, 0) is 26.0 Å². The number of aryl methyl sites for hydroxylation is 1. The number of hydrogen-bond donors (Lipinski definition) is 1. The van der Waals surface area contributed by atoms with E-state index in [0.717, 1.165) is 0 Å². The quantitative estimate of drug-likeness (QED) is 0.578. The summed E-state index contributed by atoms with van der Waals surface area (Å²) in [7, 11) is 0. The maximum atomic E-state index is 13.6. The predicted octanol–water partition coefficient (Wildman–Crippen LogP) is 3.95. The molecule has 0 radical (unpaired) electrons. The van der Waals surface area contributed by atoms with Crippen LogP contribution in [-0.4, -0.2) is 62.6 Å². The number of carbonyl (C=O) groups is 2. The molecule has 3 heterocycles. The number of aromatic amines is 1. The van der Waals surface area contributed by atoms with Crippen LogP contribution in [0.3, 0.4) is 0 Å². The summed E-state index contributed by atoms with van der Waals surface area (Å²) in [6, 6.07) is 5.05. The van der Waals surface area contributed by atoms with Gasteiger partial charge in [-0.15, -0.1) is 11.3 Å². The molecule has 2 aromatic heterocycles. The van der Waals surface area contributed by atoms with Crippen molar-refractivity contribution in [2.45, 2.75) is 32.6 Å². The number of aromatic nitrogens is 4. The fourth-order valence-corrected chi connectivity index (χ4v) is 4.24. The van der Waals surface area contributed by atoms with Crippen molar-refractivity contribution < 1.29 is 23.1 Å². The summed E-state index contributed by atoms with van der Waals surface area (Å²) in [6.45, 7) is 3.63. The fraction of sp³-hybridized carbons (Fsp3) is 0.381. The third-order valence-electron chi connectivity index (χ3n) is 5.11. The van der Waals surface area contributed by atoms with Crippen molar-refractivity contribution in [2.75, 3.05) is 19.7 Å². The Morgan fingerprint density at radius 3 is 2.66 bits per heavy atom. The van der Waals surface area contributed by atoms with Gasteiger partial charge in [0.25, 0.3) is 11.8 Å². The highest BCUT2D eigenvalue weighted by Crippen LogP contribution is 2.34. The zero-order valence-corrected chi connectivity index (χ0v) is 18.3. The number of H-pyrrole nitrogens is 1. The standard InChI is InChI=1S/C21H21F2N5O3S/c1-3-31-20(30)16-11-32-18(25-16)15-10-13(17-24-12(2)26-27-17)4-5-14(15)19(29)28-8-6-21(22,23)7-9-28/h4-5,10-11H,3,6-9H2,1-2H3,(H,24,26,27). The molecule has 3 aromatic rings. The summed E-state index contributed by atoms with van der Waals surface area (Å²) in [5, 5.41) is 8.93. The lowest BCUT2D eigenvalue weighted by molar-refractivity contribution is -0.0494. The van der Waals surface area contributed by atoms with Crippen molar-refractivity contribution in [3.05, 3.63) is 40.7 Å². The molecule has 32 heavy (non-hydrogen) atoms. The van der Waals surface area contributed by atoms with E-state index in [-0.39, 0.29) is 44.1 Å². The number of halogens is 2. The minimum Gasteiger partial charge on any atom is -0.461 e. The van der Waals surface area contributed by atoms with Gasteiger partial charge >= 0.3 is 5.97 Å². The molecule has 0 unspecified atom stereocenters. The lowest BCUT2D eigenvalue weighted by Crippen LogP contribution is -2.42. The van der Waals surface area contributed by atoms with Crippen molar-refractivity contribution in [3.63, 3.8) is 0 Å². The van der Waals surface area contributed by atoms with E-state index in [4.69, 9.17) is 4.74 Å². The van der Waals surface area contributed by atoms with Gasteiger partial charge in [-0.2, -0.15) is 5.10 Å². The average Bonchev–Trinajstić information content (AvgIpc) is 3.43. The lowest BCUT2D eigenvalue weighted by Gasteiger charge is -2.32. The molecule has 0 aliphatic carbocycles. The van der Waals surface area contributed by atoms with Gasteiger partial charge in [0.2, 0.25) is 0 Å². The molecule has 0 saturated carbocycles. The third kappa shape index (κ3) is 4.52. The first-order chi connectivity index (χ1) is 15.3. The van der Waals surface area contributed by atoms with Gasteiger partial charge in [0.15, 0.2) is 11.5 Å². The van der Waals surface area contributed by atoms with E-state index in [1.54, 1.807) is 37.4 Å². The predicted molar refractivity (Wildman–Crippen MR) is 114 cm³/mol. The largest absolute Gasteiger partial charge is 0.461 e. The highest BCUT2D eigenvalue weighted by Gasteiger charge is 2.36. The molecule has 1 saturated heterocycles. The van der Waals surface area contributed by atoms with E-state index in [9.17, 15) is 18.4 Å². The molecular formula is C21H21F2N5O3S. The molecule has 0 atom stereocenters. The number of rotatable bonds is 5. The van der Waals surface area contributed by atoms with Gasteiger partial charge < -0.3 is 9.64 Å². The molecular weight excluding hydrogens is 440 g/mol. The summed E-state index contributed by atoms with van der Waals surface area (Å²) in [4.78, 5) is 35.4. The first kappa shape index (κ1) is 22.0. The molecule has 4 rings (SSSR count). The van der Waals surface area contributed by atoms with Crippen LogP contribution in [0.1, 0.15) is 46.4 Å². The number of hydrogen-bond acceptors (Lipinski definition) is 7. The number of ether oxygens (including phenoxy) is 1. The Kier molecular flexibility index (Phi) is 6.00. The van der Waals surface area contributed by atoms with E-state index < -0.39 is 11.9 Å². The number of amides is 1. The number of carbonyl (C=O) groups excluding carboxylic acids is 2. The van der Waals surface area contributed by atoms with Crippen LogP contribution in [0, 0.1) is 6.92 Å². The molecule has 1 fully saturated rings. The SMILES string of the molecule is CCOC(=O)c1csc(-c2cc(-c3n[nH]c(C)n3)ccc2C(=O)N2CCC(F)(F)CC2)n1. The lowest BCUT2D eigenvalue weighted by atomic mass is 10.0. The van der Waals surface area contributed by atoms with Crippen LogP contribution in [0.25, 0.3) is 22.0 Å². The number of nitrogens with one attached hydrogen (secondary N) is 1. The minimum atomic E-state index is -2.75. The van der Waals surface area contributed by atoms with E-state index in [1.165, 1.54) is 16.2 Å². The van der Waals surface area contributed by atoms with Crippen molar-refractivity contribution in [3.8, 4) is 22.0 Å². The molecule has 0 spiro atoms. The summed E-state index contributed by atoms with van der Waals surface area (Å²) in [5.74, 6) is -2.59. The Hall–Kier alpha value is -3.21. The van der Waals surface area contributed by atoms with Crippen LogP contribution < -0.4 is 0 Å². The van der Waals surface area contributed by atoms with Crippen molar-refractivity contribution in [2.24, 2.45) is 0 Å². The van der Waals surface area contributed by atoms with Crippen LogP contribution >= 0.6 is 11.3 Å². The van der Waals surface area contributed by atoms with E-state index in [2.05, 4.69) is 20.2 Å². The first-order valence-corrected chi connectivity index (χ1v) is 11.0. The zero-order chi connectivity index (χ0) is 22.9. The third-order valence-corrected chi connectivity index (χ3v) is 5.98. The molecule has 1 aromatic carbocycles. The number of likely N-dealkylation sites (tertiary alicyclic amines) is 1. The monoisotopic (exact) mass is 461 g/mol. The Morgan fingerprint density at radius 2 is 2.00 bits per heavy atom. The molecule has 1 amide bonds. The second-order valence-electron chi connectivity index (χ2n) is 7.41. The molecule has 1 N–H and O–H groups in total. The maximum absolute atomic E-state index is 13.6. The van der Waals surface area contributed by atoms with Gasteiger partial charge in [-0.25, -0.2) is 23.5 Å². The number of thiazole rings is 1. The fourth-order valence-electron chi connectivity index (χ4n) is 3.42. The van der Waals surface area contributed by atoms with Crippen molar-refractivity contribution in [1.82, 2.24) is 25.1 Å². The highest BCUT2D eigenvalue weighted by atomic mass is 32.1. The Labute approximate surface area is 186 Å². The number of benzene rings is 1. The smallest absolute Gasteiger partial charge is 0.357 e. The summed E-state index contributed by atoms with van der Waals surface area (Å²) >= 11 is 1.19. The number of alkyl halides is 2. The van der Waals surface area contributed by atoms with Gasteiger partial charge in [0.1, 0.15) is 10.8 Å². The Bertz CT molecular complexity index is 1150. The molecule has 1 aliphatic rings. The second-order valence-corrected chi connectivity index (χ2v) is 8.27. The molecule has 168 valence electrons. The number of piperidine rings is 1. The first-order valence-electron chi connectivity index (χ1n) is 10.1. The van der Waals surface area contributed by atoms with Crippen LogP contribution in [0.2, 0.25) is 0 Å². The van der Waals surface area contributed by atoms with Crippen LogP contribution in [0.4, 0.5) is 8.78 Å². The topological polar surface area (TPSA) is 101 Å². The van der Waals surface area contributed by atoms with E-state index in [0.29, 0.717) is 33.3 Å². The van der Waals surface area contributed by atoms with Crippen LogP contribution in [0.5, 0.6) is 0 Å². The zero-order valence-electron chi connectivity index (χ0n) is 17.5. The molecule has 1 aliphatic heterocycles. The van der Waals surface area contributed by atoms with Crippen molar-refractivity contribution >= 4 is 23.2 Å². The second kappa shape index (κ2) is 8.73. The molecule has 11 heteroatoms. The Morgan fingerprint density at radius 1 is 1.25 bits per heavy atom. The minimum absolute atomic E-state index is 0.0287. The van der Waals surface area contributed by atoms with E-state index >= 15 is 0 Å². The van der Waals surface area contributed by atoms with Gasteiger partial charge in [0, 0.05) is 48.0 Å². The molecule has 0 bridgehead atoms. The number of nitrogens with zero attached hydrogens (tertiary/aromatic N) is 4. The molecule has 8 nitrogen and oxygen atoms in total. The normalized spacial score (nSPS) is 15.6. The van der Waals surface area contributed by atoms with E-state index in [1.807, 2.05) is 0 Å². The van der Waals surface area contributed by atoms with Gasteiger partial charge in [-0.1, -0.05) is 6.07 Å².